The molecule has 3 aromatic rings. The van der Waals surface area contributed by atoms with Crippen molar-refractivity contribution in [1.82, 2.24) is 9.13 Å². The fourth-order valence-corrected chi connectivity index (χ4v) is 3.32. The smallest absolute Gasteiger partial charge is 0.249 e. The summed E-state index contributed by atoms with van der Waals surface area (Å²) in [5.41, 5.74) is 4.90. The lowest BCUT2D eigenvalue weighted by Crippen LogP contribution is -2.36. The largest absolute Gasteiger partial charge is 0.383 e. The fourth-order valence-electron chi connectivity index (χ4n) is 3.32. The predicted octanol–water partition coefficient (Wildman–Crippen LogP) is 2.98. The van der Waals surface area contributed by atoms with Gasteiger partial charge < -0.3 is 9.30 Å². The molecule has 1 aromatic carbocycles. The van der Waals surface area contributed by atoms with E-state index in [1.54, 1.807) is 13.3 Å². The molecule has 0 radical (unpaired) electrons. The van der Waals surface area contributed by atoms with Crippen LogP contribution in [0, 0.1) is 13.8 Å². The number of Topliss-reactive ketones (excluding diaryl/α,β-unsaturated/α-hetero) is 1. The number of ketones is 1. The average molecular weight is 338 g/mol. The lowest BCUT2D eigenvalue weighted by atomic mass is 10.1. The number of hydrogen-bond acceptors (Lipinski definition) is 2. The van der Waals surface area contributed by atoms with Gasteiger partial charge in [-0.1, -0.05) is 18.7 Å². The molecule has 0 atom stereocenters. The van der Waals surface area contributed by atoms with Gasteiger partial charge in [0.2, 0.25) is 12.1 Å². The number of aryl methyl sites for hydroxylation is 1. The minimum atomic E-state index is 0.105. The molecule has 0 unspecified atom stereocenters. The summed E-state index contributed by atoms with van der Waals surface area (Å²) in [5, 5.41) is 0. The number of aromatic nitrogens is 3. The van der Waals surface area contributed by atoms with Crippen molar-refractivity contribution in [2.24, 2.45) is 0 Å². The molecule has 0 saturated heterocycles. The van der Waals surface area contributed by atoms with Gasteiger partial charge in [0, 0.05) is 30.6 Å². The van der Waals surface area contributed by atoms with Gasteiger partial charge in [-0.05, 0) is 32.0 Å². The van der Waals surface area contributed by atoms with Crippen LogP contribution in [0.15, 0.2) is 43.2 Å². The molecule has 25 heavy (non-hydrogen) atoms. The average Bonchev–Trinajstić information content (AvgIpc) is 3.11. The summed E-state index contributed by atoms with van der Waals surface area (Å²) in [6.45, 7) is 9.54. The van der Waals surface area contributed by atoms with Crippen LogP contribution in [-0.2, 0) is 17.8 Å². The van der Waals surface area contributed by atoms with E-state index in [9.17, 15) is 4.79 Å². The van der Waals surface area contributed by atoms with Gasteiger partial charge in [0.05, 0.1) is 12.8 Å². The maximum absolute atomic E-state index is 12.9. The molecule has 0 N–H and O–H groups in total. The van der Waals surface area contributed by atoms with Gasteiger partial charge in [-0.15, -0.1) is 0 Å². The molecule has 0 spiro atoms. The van der Waals surface area contributed by atoms with Crippen LogP contribution in [-0.4, -0.2) is 28.6 Å². The van der Waals surface area contributed by atoms with Crippen LogP contribution >= 0.6 is 0 Å². The fraction of sp³-hybridized carbons (Fsp3) is 0.300. The number of para-hydroxylation sites is 2. The molecule has 130 valence electrons. The third-order valence-corrected chi connectivity index (χ3v) is 4.64. The Balaban J connectivity index is 1.92. The number of carbonyl (C=O) groups excluding carboxylic acids is 1. The third kappa shape index (κ3) is 3.15. The number of fused-ring (bicyclic) bond motifs is 1. The van der Waals surface area contributed by atoms with Crippen LogP contribution in [0.3, 0.4) is 0 Å². The van der Waals surface area contributed by atoms with E-state index in [-0.39, 0.29) is 5.78 Å². The van der Waals surface area contributed by atoms with Gasteiger partial charge in [-0.25, -0.2) is 9.13 Å². The second-order valence-corrected chi connectivity index (χ2v) is 6.17. The zero-order valence-electron chi connectivity index (χ0n) is 15.0. The number of ether oxygens (including phenoxy) is 1. The first-order chi connectivity index (χ1) is 12.1. The first-order valence-corrected chi connectivity index (χ1v) is 8.37. The highest BCUT2D eigenvalue weighted by Crippen LogP contribution is 2.17. The summed E-state index contributed by atoms with van der Waals surface area (Å²) in [5.74, 6) is 0.105. The number of rotatable bonds is 7. The molecule has 0 aliphatic rings. The maximum Gasteiger partial charge on any atom is 0.249 e. The standard InChI is InChI=1S/C20H24N3O2/c1-5-21-14-22(19-9-7-6-8-18(19)21)13-20(24)17-12-15(2)23(16(17)3)10-11-25-4/h5-9,12,14H,1,10-11,13H2,2-4H3/q+1. The molecular formula is C20H24N3O2+. The van der Waals surface area contributed by atoms with E-state index in [0.717, 1.165) is 34.5 Å². The van der Waals surface area contributed by atoms with E-state index < -0.39 is 0 Å². The van der Waals surface area contributed by atoms with E-state index in [4.69, 9.17) is 4.74 Å². The second-order valence-electron chi connectivity index (χ2n) is 6.17. The minimum absolute atomic E-state index is 0.105. The number of hydrogen-bond donors (Lipinski definition) is 0. The molecule has 0 amide bonds. The molecule has 0 aliphatic heterocycles. The van der Waals surface area contributed by atoms with Gasteiger partial charge >= 0.3 is 0 Å². The van der Waals surface area contributed by atoms with E-state index in [1.807, 2.05) is 59.6 Å². The summed E-state index contributed by atoms with van der Waals surface area (Å²) in [7, 11) is 1.69. The maximum atomic E-state index is 12.9. The SMILES string of the molecule is C=Cn1c[n+](CC(=O)c2cc(C)n(CCOC)c2C)c2ccccc21. The van der Waals surface area contributed by atoms with Gasteiger partial charge in [0.25, 0.3) is 0 Å². The normalized spacial score (nSPS) is 11.2. The van der Waals surface area contributed by atoms with E-state index >= 15 is 0 Å². The van der Waals surface area contributed by atoms with Crippen molar-refractivity contribution in [1.29, 1.82) is 0 Å². The topological polar surface area (TPSA) is 40.0 Å². The van der Waals surface area contributed by atoms with E-state index in [2.05, 4.69) is 11.1 Å². The van der Waals surface area contributed by atoms with Gasteiger partial charge in [0.15, 0.2) is 17.6 Å². The van der Waals surface area contributed by atoms with Gasteiger partial charge in [0.1, 0.15) is 0 Å². The predicted molar refractivity (Wildman–Crippen MR) is 98.6 cm³/mol. The second kappa shape index (κ2) is 7.07. The Morgan fingerprint density at radius 3 is 2.80 bits per heavy atom. The summed E-state index contributed by atoms with van der Waals surface area (Å²) in [4.78, 5) is 12.9. The lowest BCUT2D eigenvalue weighted by Gasteiger charge is -2.08. The van der Waals surface area contributed by atoms with Crippen LogP contribution in [0.5, 0.6) is 0 Å². The molecule has 0 saturated carbocycles. The molecule has 2 aromatic heterocycles. The Morgan fingerprint density at radius 1 is 1.32 bits per heavy atom. The summed E-state index contributed by atoms with van der Waals surface area (Å²) >= 11 is 0. The minimum Gasteiger partial charge on any atom is -0.383 e. The van der Waals surface area contributed by atoms with Crippen molar-refractivity contribution in [3.63, 3.8) is 0 Å². The Hall–Kier alpha value is -2.66. The van der Waals surface area contributed by atoms with Crippen molar-refractivity contribution in [2.45, 2.75) is 26.9 Å². The monoisotopic (exact) mass is 338 g/mol. The molecule has 0 aliphatic carbocycles. The molecule has 5 heteroatoms. The molecule has 3 rings (SSSR count). The summed E-state index contributed by atoms with van der Waals surface area (Å²) in [6, 6.07) is 9.98. The Labute approximate surface area is 147 Å². The molecule has 0 bridgehead atoms. The zero-order valence-corrected chi connectivity index (χ0v) is 15.0. The van der Waals surface area contributed by atoms with Crippen molar-refractivity contribution in [2.75, 3.05) is 13.7 Å². The third-order valence-electron chi connectivity index (χ3n) is 4.64. The van der Waals surface area contributed by atoms with Crippen molar-refractivity contribution in [3.8, 4) is 0 Å². The number of carbonyl (C=O) groups is 1. The van der Waals surface area contributed by atoms with E-state index in [1.165, 1.54) is 0 Å². The Bertz CT molecular complexity index is 934. The molecular weight excluding hydrogens is 314 g/mol. The first kappa shape index (κ1) is 17.2. The molecule has 0 fully saturated rings. The van der Waals surface area contributed by atoms with Crippen LogP contribution < -0.4 is 4.57 Å². The number of benzene rings is 1. The quantitative estimate of drug-likeness (QED) is 0.491. The highest BCUT2D eigenvalue weighted by atomic mass is 16.5. The number of nitrogens with zero attached hydrogens (tertiary/aromatic N) is 3. The summed E-state index contributed by atoms with van der Waals surface area (Å²) < 4.78 is 11.2. The van der Waals surface area contributed by atoms with Crippen LogP contribution in [0.1, 0.15) is 21.7 Å². The number of imidazole rings is 1. The van der Waals surface area contributed by atoms with Crippen molar-refractivity contribution >= 4 is 23.0 Å². The van der Waals surface area contributed by atoms with Crippen molar-refractivity contribution < 1.29 is 14.1 Å². The zero-order chi connectivity index (χ0) is 18.0. The van der Waals surface area contributed by atoms with Crippen LogP contribution in [0.2, 0.25) is 0 Å². The van der Waals surface area contributed by atoms with Gasteiger partial charge in [-0.2, -0.15) is 0 Å². The molecule has 2 heterocycles. The Morgan fingerprint density at radius 2 is 2.08 bits per heavy atom. The van der Waals surface area contributed by atoms with Gasteiger partial charge in [-0.3, -0.25) is 4.79 Å². The number of methoxy groups -OCH3 is 1. The van der Waals surface area contributed by atoms with Crippen LogP contribution in [0.25, 0.3) is 17.2 Å². The first-order valence-electron chi connectivity index (χ1n) is 8.37. The molecule has 5 nitrogen and oxygen atoms in total. The Kier molecular flexibility index (Phi) is 4.86. The highest BCUT2D eigenvalue weighted by molar-refractivity contribution is 5.96. The summed E-state index contributed by atoms with van der Waals surface area (Å²) in [6.07, 6.45) is 3.67. The van der Waals surface area contributed by atoms with E-state index in [0.29, 0.717) is 13.2 Å². The van der Waals surface area contributed by atoms with Crippen LogP contribution in [0.4, 0.5) is 0 Å². The van der Waals surface area contributed by atoms with Crippen molar-refractivity contribution in [3.05, 3.63) is 60.2 Å². The lowest BCUT2D eigenvalue weighted by molar-refractivity contribution is -0.657. The highest BCUT2D eigenvalue weighted by Gasteiger charge is 2.21.